The molecule has 2 aromatic rings. The molecule has 9 nitrogen and oxygen atoms in total. The summed E-state index contributed by atoms with van der Waals surface area (Å²) < 4.78 is 27.0. The van der Waals surface area contributed by atoms with Gasteiger partial charge in [0.05, 0.1) is 16.7 Å². The third-order valence-corrected chi connectivity index (χ3v) is 11.9. The summed E-state index contributed by atoms with van der Waals surface area (Å²) in [4.78, 5) is 28.8. The summed E-state index contributed by atoms with van der Waals surface area (Å²) in [5, 5.41) is 2.99. The monoisotopic (exact) mass is 566 g/mol. The minimum absolute atomic E-state index is 0.0157. The van der Waals surface area contributed by atoms with Gasteiger partial charge in [-0.05, 0) is 102 Å². The minimum atomic E-state index is -3.38. The van der Waals surface area contributed by atoms with Gasteiger partial charge in [-0.2, -0.15) is 4.98 Å². The van der Waals surface area contributed by atoms with Crippen LogP contribution in [0.1, 0.15) is 76.3 Å². The average Bonchev–Trinajstić information content (AvgIpc) is 3.44. The quantitative estimate of drug-likeness (QED) is 0.509. The maximum Gasteiger partial charge on any atom is 0.325 e. The fraction of sp³-hybridized carbons (Fsp3) is 0.633. The van der Waals surface area contributed by atoms with Gasteiger partial charge in [0, 0.05) is 36.6 Å². The molecule has 3 fully saturated rings. The number of amides is 2. The van der Waals surface area contributed by atoms with Crippen LogP contribution in [0, 0.1) is 12.3 Å². The van der Waals surface area contributed by atoms with Crippen LogP contribution in [0.4, 0.5) is 22.2 Å². The summed E-state index contributed by atoms with van der Waals surface area (Å²) in [5.41, 5.74) is 2.72. The largest absolute Gasteiger partial charge is 0.325 e. The highest BCUT2D eigenvalue weighted by Crippen LogP contribution is 2.53. The van der Waals surface area contributed by atoms with E-state index in [1.807, 2.05) is 24.9 Å². The highest BCUT2D eigenvalue weighted by Gasteiger charge is 2.51. The highest BCUT2D eigenvalue weighted by molar-refractivity contribution is 7.92. The normalized spacial score (nSPS) is 22.2. The van der Waals surface area contributed by atoms with Crippen molar-refractivity contribution in [2.24, 2.45) is 5.41 Å². The average molecular weight is 567 g/mol. The molecule has 216 valence electrons. The van der Waals surface area contributed by atoms with E-state index in [0.29, 0.717) is 29.2 Å². The molecule has 1 spiro atoms. The summed E-state index contributed by atoms with van der Waals surface area (Å²) in [6.45, 7) is 9.00. The van der Waals surface area contributed by atoms with E-state index in [1.165, 1.54) is 0 Å². The number of rotatable bonds is 6. The lowest BCUT2D eigenvalue weighted by Crippen LogP contribution is -2.52. The molecule has 2 saturated carbocycles. The number of nitrogens with one attached hydrogen (secondary N) is 1. The second-order valence-electron chi connectivity index (χ2n) is 12.8. The fourth-order valence-corrected chi connectivity index (χ4v) is 9.31. The Morgan fingerprint density at radius 2 is 1.80 bits per heavy atom. The molecule has 0 unspecified atom stereocenters. The van der Waals surface area contributed by atoms with Crippen molar-refractivity contribution in [3.8, 4) is 0 Å². The lowest BCUT2D eigenvalue weighted by Gasteiger charge is -2.52. The van der Waals surface area contributed by atoms with Crippen LogP contribution in [0.3, 0.4) is 0 Å². The molecule has 1 aromatic heterocycles. The molecule has 3 heterocycles. The molecule has 10 heteroatoms. The van der Waals surface area contributed by atoms with E-state index in [0.717, 1.165) is 81.3 Å². The summed E-state index contributed by atoms with van der Waals surface area (Å²) >= 11 is 0. The van der Waals surface area contributed by atoms with Crippen molar-refractivity contribution >= 4 is 33.3 Å². The van der Waals surface area contributed by atoms with Crippen molar-refractivity contribution in [3.63, 3.8) is 0 Å². The molecular weight excluding hydrogens is 524 g/mol. The molecular formula is C30H42N6O3S. The minimum Gasteiger partial charge on any atom is -0.324 e. The summed E-state index contributed by atoms with van der Waals surface area (Å²) in [5.74, 6) is 1.09. The van der Waals surface area contributed by atoms with Gasteiger partial charge in [-0.3, -0.25) is 4.90 Å². The summed E-state index contributed by atoms with van der Waals surface area (Å²) in [7, 11) is -1.56. The Morgan fingerprint density at radius 1 is 1.10 bits per heavy atom. The number of urea groups is 1. The van der Waals surface area contributed by atoms with Crippen molar-refractivity contribution in [3.05, 3.63) is 35.5 Å². The second kappa shape index (κ2) is 10.3. The Balaban J connectivity index is 1.16. The predicted octanol–water partition coefficient (Wildman–Crippen LogP) is 5.27. The Labute approximate surface area is 238 Å². The number of carbonyl (C=O) groups excluding carboxylic acids is 1. The number of fused-ring (bicyclic) bond motifs is 1. The van der Waals surface area contributed by atoms with E-state index < -0.39 is 9.84 Å². The van der Waals surface area contributed by atoms with Crippen LogP contribution in [-0.2, 0) is 16.4 Å². The second-order valence-corrected chi connectivity index (χ2v) is 15.0. The number of benzene rings is 1. The number of carbonyl (C=O) groups is 1. The first kappa shape index (κ1) is 27.4. The number of hydrogen-bond donors (Lipinski definition) is 1. The Morgan fingerprint density at radius 3 is 2.45 bits per heavy atom. The number of aromatic nitrogens is 2. The van der Waals surface area contributed by atoms with Gasteiger partial charge in [-0.25, -0.2) is 18.2 Å². The van der Waals surface area contributed by atoms with E-state index in [-0.39, 0.29) is 22.7 Å². The summed E-state index contributed by atoms with van der Waals surface area (Å²) in [6, 6.07) is 5.99. The molecule has 1 saturated heterocycles. The molecule has 4 aliphatic rings. The maximum absolute atomic E-state index is 13.5. The maximum atomic E-state index is 13.5. The highest BCUT2D eigenvalue weighted by atomic mass is 32.2. The predicted molar refractivity (Wildman–Crippen MR) is 157 cm³/mol. The van der Waals surface area contributed by atoms with Gasteiger partial charge in [-0.15, -0.1) is 0 Å². The van der Waals surface area contributed by atoms with Crippen LogP contribution in [0.25, 0.3) is 0 Å². The molecule has 40 heavy (non-hydrogen) atoms. The van der Waals surface area contributed by atoms with Crippen molar-refractivity contribution < 1.29 is 13.2 Å². The lowest BCUT2D eigenvalue weighted by molar-refractivity contribution is 0.0246. The topological polar surface area (TPSA) is 98.7 Å². The van der Waals surface area contributed by atoms with Crippen LogP contribution < -0.4 is 10.2 Å². The third-order valence-electron chi connectivity index (χ3n) is 9.82. The molecule has 1 aromatic carbocycles. The molecule has 1 N–H and O–H groups in total. The number of nitrogens with zero attached hydrogens (tertiary/aromatic N) is 5. The first-order chi connectivity index (χ1) is 19.1. The summed E-state index contributed by atoms with van der Waals surface area (Å²) in [6.07, 6.45) is 9.75. The van der Waals surface area contributed by atoms with Crippen molar-refractivity contribution in [2.75, 3.05) is 30.4 Å². The zero-order chi connectivity index (χ0) is 28.2. The smallest absolute Gasteiger partial charge is 0.324 e. The van der Waals surface area contributed by atoms with Crippen LogP contribution in [0.15, 0.2) is 29.3 Å². The molecule has 2 aliphatic heterocycles. The van der Waals surface area contributed by atoms with Crippen molar-refractivity contribution in [1.29, 1.82) is 0 Å². The van der Waals surface area contributed by atoms with Crippen LogP contribution >= 0.6 is 0 Å². The zero-order valence-electron chi connectivity index (χ0n) is 24.2. The number of hydrogen-bond acceptors (Lipinski definition) is 7. The fourth-order valence-electron chi connectivity index (χ4n) is 7.18. The number of likely N-dealkylation sites (tertiary alicyclic amines) is 1. The van der Waals surface area contributed by atoms with Crippen molar-refractivity contribution in [1.82, 2.24) is 19.8 Å². The molecule has 2 aliphatic carbocycles. The third kappa shape index (κ3) is 4.87. The van der Waals surface area contributed by atoms with Crippen LogP contribution in [0.5, 0.6) is 0 Å². The lowest BCUT2D eigenvalue weighted by atomic mass is 9.63. The Bertz CT molecular complexity index is 1390. The number of aryl methyl sites for hydroxylation is 1. The standard InChI is InChI=1S/C30H42N6O3S/c1-20(2)35-13-11-30(12-14-35)16-25(17-30)40(38,39)24-9-10-26(21(3)15-24)32-28-31-18-22-19-34(4)29(37)36(27(22)33-28)23-7-5-6-8-23/h9-10,15,18,20,23,25H,5-8,11-14,16-17,19H2,1-4H3,(H,31,32,33). The Kier molecular flexibility index (Phi) is 7.05. The molecule has 0 bridgehead atoms. The van der Waals surface area contributed by atoms with Gasteiger partial charge in [0.15, 0.2) is 9.84 Å². The molecule has 6 rings (SSSR count). The van der Waals surface area contributed by atoms with E-state index in [2.05, 4.69) is 29.0 Å². The zero-order valence-corrected chi connectivity index (χ0v) is 25.0. The number of piperidine rings is 1. The van der Waals surface area contributed by atoms with Gasteiger partial charge < -0.3 is 15.1 Å². The first-order valence-corrected chi connectivity index (χ1v) is 16.4. The van der Waals surface area contributed by atoms with Crippen molar-refractivity contribution in [2.45, 2.75) is 101 Å². The first-order valence-electron chi connectivity index (χ1n) is 14.8. The van der Waals surface area contributed by atoms with Crippen LogP contribution in [0.2, 0.25) is 0 Å². The van der Waals surface area contributed by atoms with E-state index >= 15 is 0 Å². The van der Waals surface area contributed by atoms with E-state index in [4.69, 9.17) is 4.98 Å². The number of anilines is 3. The molecule has 0 atom stereocenters. The van der Waals surface area contributed by atoms with Gasteiger partial charge >= 0.3 is 6.03 Å². The SMILES string of the molecule is Cc1cc(S(=O)(=O)C2CC3(CCN(C(C)C)CC3)C2)ccc1Nc1ncc2c(n1)N(C1CCCC1)C(=O)N(C)C2. The molecule has 0 radical (unpaired) electrons. The van der Waals surface area contributed by atoms with E-state index in [1.54, 1.807) is 23.2 Å². The Hall–Kier alpha value is -2.72. The van der Waals surface area contributed by atoms with Gasteiger partial charge in [0.25, 0.3) is 0 Å². The van der Waals surface area contributed by atoms with Gasteiger partial charge in [-0.1, -0.05) is 12.8 Å². The van der Waals surface area contributed by atoms with Gasteiger partial charge in [0.2, 0.25) is 5.95 Å². The van der Waals surface area contributed by atoms with Gasteiger partial charge in [0.1, 0.15) is 5.82 Å². The van der Waals surface area contributed by atoms with E-state index in [9.17, 15) is 13.2 Å². The molecule has 2 amide bonds. The number of sulfone groups is 1. The van der Waals surface area contributed by atoms with Crippen LogP contribution in [-0.4, -0.2) is 71.7 Å².